The van der Waals surface area contributed by atoms with E-state index in [-0.39, 0.29) is 0 Å². The van der Waals surface area contributed by atoms with Crippen molar-refractivity contribution in [2.75, 3.05) is 6.61 Å². The third-order valence-corrected chi connectivity index (χ3v) is 6.44. The average Bonchev–Trinajstić information content (AvgIpc) is 2.79. The summed E-state index contributed by atoms with van der Waals surface area (Å²) in [7, 11) is 0. The minimum absolute atomic E-state index is 0.782. The lowest BCUT2D eigenvalue weighted by Crippen LogP contribution is -2.04. The maximum atomic E-state index is 5.94. The Kier molecular flexibility index (Phi) is 9.63. The van der Waals surface area contributed by atoms with Crippen molar-refractivity contribution in [1.82, 2.24) is 0 Å². The van der Waals surface area contributed by atoms with Crippen LogP contribution in [0.1, 0.15) is 102 Å². The molecule has 0 atom stereocenters. The molecule has 1 fully saturated rings. The van der Waals surface area contributed by atoms with Gasteiger partial charge in [0.15, 0.2) is 0 Å². The average molecular weight is 393 g/mol. The Hall–Kier alpha value is -1.76. The first-order chi connectivity index (χ1) is 14.4. The first kappa shape index (κ1) is 21.9. The molecular formula is C28H40O. The lowest BCUT2D eigenvalue weighted by atomic mass is 9.84. The van der Waals surface area contributed by atoms with Crippen LogP contribution in [0.3, 0.4) is 0 Å². The van der Waals surface area contributed by atoms with Crippen LogP contribution in [0.2, 0.25) is 0 Å². The van der Waals surface area contributed by atoms with E-state index in [1.165, 1.54) is 93.7 Å². The first-order valence-corrected chi connectivity index (χ1v) is 12.2. The van der Waals surface area contributed by atoms with Crippen LogP contribution in [-0.4, -0.2) is 6.61 Å². The summed E-state index contributed by atoms with van der Waals surface area (Å²) in [6, 6.07) is 17.9. The Labute approximate surface area is 178 Å². The normalized spacial score (nSPS) is 14.8. The summed E-state index contributed by atoms with van der Waals surface area (Å²) in [5.74, 6) is 1.78. The number of unbranched alkanes of at least 4 members (excludes halogenated alkanes) is 7. The summed E-state index contributed by atoms with van der Waals surface area (Å²) in [4.78, 5) is 0. The smallest absolute Gasteiger partial charge is 0.119 e. The minimum Gasteiger partial charge on any atom is -0.494 e. The third kappa shape index (κ3) is 7.53. The van der Waals surface area contributed by atoms with Crippen molar-refractivity contribution in [3.05, 3.63) is 54.1 Å². The van der Waals surface area contributed by atoms with Gasteiger partial charge < -0.3 is 4.74 Å². The lowest BCUT2D eigenvalue weighted by molar-refractivity contribution is 0.304. The van der Waals surface area contributed by atoms with Gasteiger partial charge in [-0.2, -0.15) is 0 Å². The van der Waals surface area contributed by atoms with Crippen LogP contribution >= 0.6 is 0 Å². The molecule has 1 nitrogen and oxygen atoms in total. The van der Waals surface area contributed by atoms with E-state index < -0.39 is 0 Å². The zero-order valence-corrected chi connectivity index (χ0v) is 18.5. The summed E-state index contributed by atoms with van der Waals surface area (Å²) in [5.41, 5.74) is 4.11. The Balaban J connectivity index is 1.37. The Morgan fingerprint density at radius 2 is 1.21 bits per heavy atom. The van der Waals surface area contributed by atoms with Crippen molar-refractivity contribution < 1.29 is 4.74 Å². The second kappa shape index (κ2) is 12.7. The van der Waals surface area contributed by atoms with Gasteiger partial charge in [-0.05, 0) is 54.0 Å². The number of hydrogen-bond donors (Lipinski definition) is 0. The number of hydrogen-bond acceptors (Lipinski definition) is 1. The number of benzene rings is 2. The first-order valence-electron chi connectivity index (χ1n) is 12.2. The van der Waals surface area contributed by atoms with Gasteiger partial charge in [-0.1, -0.05) is 108 Å². The van der Waals surface area contributed by atoms with Crippen molar-refractivity contribution in [2.45, 2.75) is 96.3 Å². The van der Waals surface area contributed by atoms with E-state index in [4.69, 9.17) is 4.74 Å². The molecule has 0 bridgehead atoms. The highest BCUT2D eigenvalue weighted by Crippen LogP contribution is 2.33. The van der Waals surface area contributed by atoms with E-state index in [2.05, 4.69) is 55.5 Å². The van der Waals surface area contributed by atoms with E-state index in [1.54, 1.807) is 0 Å². The molecule has 2 aromatic carbocycles. The summed E-state index contributed by atoms with van der Waals surface area (Å²) >= 11 is 0. The predicted octanol–water partition coefficient (Wildman–Crippen LogP) is 8.92. The molecule has 158 valence electrons. The van der Waals surface area contributed by atoms with Crippen LogP contribution < -0.4 is 4.74 Å². The molecule has 1 aliphatic rings. The van der Waals surface area contributed by atoms with Crippen LogP contribution in [0.4, 0.5) is 0 Å². The van der Waals surface area contributed by atoms with Gasteiger partial charge in [0.1, 0.15) is 5.75 Å². The highest BCUT2D eigenvalue weighted by Gasteiger charge is 2.15. The summed E-state index contributed by atoms with van der Waals surface area (Å²) < 4.78 is 5.94. The van der Waals surface area contributed by atoms with E-state index >= 15 is 0 Å². The standard InChI is InChI=1S/C28H40O/c1-2-3-4-5-6-7-8-12-23-29-28-21-19-27(20-22-28)26-17-15-25(16-18-26)24-13-10-9-11-14-24/h15-22,24H,2-14,23H2,1H3. The third-order valence-electron chi connectivity index (χ3n) is 6.44. The molecule has 0 aliphatic heterocycles. The molecule has 0 saturated heterocycles. The molecule has 0 aromatic heterocycles. The van der Waals surface area contributed by atoms with Gasteiger partial charge in [-0.25, -0.2) is 0 Å². The minimum atomic E-state index is 0.782. The molecule has 0 spiro atoms. The maximum Gasteiger partial charge on any atom is 0.119 e. The zero-order chi connectivity index (χ0) is 20.2. The van der Waals surface area contributed by atoms with Crippen LogP contribution in [0.5, 0.6) is 5.75 Å². The largest absolute Gasteiger partial charge is 0.494 e. The molecule has 1 saturated carbocycles. The molecule has 0 amide bonds. The van der Waals surface area contributed by atoms with Gasteiger partial charge >= 0.3 is 0 Å². The summed E-state index contributed by atoms with van der Waals surface area (Å²) in [5, 5.41) is 0. The molecule has 0 unspecified atom stereocenters. The molecule has 0 heterocycles. The van der Waals surface area contributed by atoms with Crippen LogP contribution in [0.15, 0.2) is 48.5 Å². The quantitative estimate of drug-likeness (QED) is 0.328. The number of rotatable bonds is 12. The second-order valence-electron chi connectivity index (χ2n) is 8.80. The summed E-state index contributed by atoms with van der Waals surface area (Å²) in [6.45, 7) is 3.11. The van der Waals surface area contributed by atoms with Gasteiger partial charge in [-0.15, -0.1) is 0 Å². The van der Waals surface area contributed by atoms with Crippen LogP contribution in [-0.2, 0) is 0 Å². The van der Waals surface area contributed by atoms with Crippen molar-refractivity contribution in [3.8, 4) is 16.9 Å². The molecule has 0 N–H and O–H groups in total. The van der Waals surface area contributed by atoms with Crippen molar-refractivity contribution in [3.63, 3.8) is 0 Å². The van der Waals surface area contributed by atoms with Crippen LogP contribution in [0, 0.1) is 0 Å². The lowest BCUT2D eigenvalue weighted by Gasteiger charge is -2.22. The Morgan fingerprint density at radius 3 is 1.83 bits per heavy atom. The Morgan fingerprint density at radius 1 is 0.655 bits per heavy atom. The molecule has 2 aromatic rings. The van der Waals surface area contributed by atoms with Gasteiger partial charge in [-0.3, -0.25) is 0 Å². The topological polar surface area (TPSA) is 9.23 Å². The van der Waals surface area contributed by atoms with Gasteiger partial charge in [0.05, 0.1) is 6.61 Å². The zero-order valence-electron chi connectivity index (χ0n) is 18.5. The molecule has 29 heavy (non-hydrogen) atoms. The van der Waals surface area contributed by atoms with Crippen LogP contribution in [0.25, 0.3) is 11.1 Å². The monoisotopic (exact) mass is 392 g/mol. The predicted molar refractivity (Wildman–Crippen MR) is 126 cm³/mol. The highest BCUT2D eigenvalue weighted by molar-refractivity contribution is 5.64. The molecule has 1 aliphatic carbocycles. The fraction of sp³-hybridized carbons (Fsp3) is 0.571. The molecular weight excluding hydrogens is 352 g/mol. The highest BCUT2D eigenvalue weighted by atomic mass is 16.5. The van der Waals surface area contributed by atoms with Gasteiger partial charge in [0.2, 0.25) is 0 Å². The second-order valence-corrected chi connectivity index (χ2v) is 8.80. The SMILES string of the molecule is CCCCCCCCCCOc1ccc(-c2ccc(C3CCCCC3)cc2)cc1. The maximum absolute atomic E-state index is 5.94. The van der Waals surface area contributed by atoms with Crippen molar-refractivity contribution in [1.29, 1.82) is 0 Å². The van der Waals surface area contributed by atoms with E-state index in [0.717, 1.165) is 24.7 Å². The summed E-state index contributed by atoms with van der Waals surface area (Å²) in [6.07, 6.45) is 17.7. The van der Waals surface area contributed by atoms with Crippen molar-refractivity contribution in [2.24, 2.45) is 0 Å². The fourth-order valence-electron chi connectivity index (χ4n) is 4.55. The van der Waals surface area contributed by atoms with Crippen molar-refractivity contribution >= 4 is 0 Å². The van der Waals surface area contributed by atoms with E-state index in [1.807, 2.05) is 0 Å². The Bertz CT molecular complexity index is 664. The van der Waals surface area contributed by atoms with E-state index in [9.17, 15) is 0 Å². The fourth-order valence-corrected chi connectivity index (χ4v) is 4.55. The molecule has 1 heteroatoms. The number of ether oxygens (including phenoxy) is 1. The van der Waals surface area contributed by atoms with E-state index in [0.29, 0.717) is 0 Å². The molecule has 3 rings (SSSR count). The van der Waals surface area contributed by atoms with Gasteiger partial charge in [0.25, 0.3) is 0 Å². The van der Waals surface area contributed by atoms with Gasteiger partial charge in [0, 0.05) is 0 Å². The molecule has 0 radical (unpaired) electrons.